The van der Waals surface area contributed by atoms with Crippen LogP contribution >= 0.6 is 0 Å². The van der Waals surface area contributed by atoms with Gasteiger partial charge in [-0.15, -0.1) is 0 Å². The van der Waals surface area contributed by atoms with Crippen molar-refractivity contribution in [1.29, 1.82) is 0 Å². The number of amides is 1. The molecule has 6 heteroatoms. The lowest BCUT2D eigenvalue weighted by molar-refractivity contribution is -0.112. The summed E-state index contributed by atoms with van der Waals surface area (Å²) in [5, 5.41) is 8.38. The first-order valence-corrected chi connectivity index (χ1v) is 8.78. The van der Waals surface area contributed by atoms with Crippen LogP contribution in [-0.4, -0.2) is 27.8 Å². The monoisotopic (exact) mass is 343 g/mol. The maximum Gasteiger partial charge on any atom is 0.412 e. The molecular weight excluding hydrogens is 318 g/mol. The molecule has 0 radical (unpaired) electrons. The van der Waals surface area contributed by atoms with Gasteiger partial charge in [-0.1, -0.05) is 0 Å². The van der Waals surface area contributed by atoms with Crippen LogP contribution in [0.5, 0.6) is 0 Å². The van der Waals surface area contributed by atoms with Crippen LogP contribution in [0.25, 0.3) is 10.9 Å². The Balaban J connectivity index is 1.71. The number of nitrogens with zero attached hydrogens (tertiary/aromatic N) is 2. The molecule has 1 N–H and O–H groups in total. The summed E-state index contributed by atoms with van der Waals surface area (Å²) in [6.45, 7) is 5.50. The highest BCUT2D eigenvalue weighted by molar-refractivity contribution is 5.89. The normalized spacial score (nSPS) is 21.1. The summed E-state index contributed by atoms with van der Waals surface area (Å²) in [7, 11) is 0. The smallest absolute Gasteiger partial charge is 0.412 e. The minimum Gasteiger partial charge on any atom is -0.444 e. The van der Waals surface area contributed by atoms with Crippen LogP contribution in [0.15, 0.2) is 24.4 Å². The van der Waals surface area contributed by atoms with E-state index in [1.54, 1.807) is 0 Å². The Morgan fingerprint density at radius 3 is 2.64 bits per heavy atom. The average Bonchev–Trinajstić information content (AvgIpc) is 2.96. The summed E-state index contributed by atoms with van der Waals surface area (Å²) in [4.78, 5) is 22.8. The van der Waals surface area contributed by atoms with Crippen LogP contribution in [0.2, 0.25) is 0 Å². The van der Waals surface area contributed by atoms with Crippen molar-refractivity contribution in [2.24, 2.45) is 5.92 Å². The van der Waals surface area contributed by atoms with Gasteiger partial charge < -0.3 is 9.53 Å². The van der Waals surface area contributed by atoms with Crippen molar-refractivity contribution < 1.29 is 14.3 Å². The van der Waals surface area contributed by atoms with E-state index in [9.17, 15) is 9.59 Å². The molecule has 0 bridgehead atoms. The Kier molecular flexibility index (Phi) is 4.79. The van der Waals surface area contributed by atoms with Crippen molar-refractivity contribution in [2.75, 3.05) is 5.32 Å². The van der Waals surface area contributed by atoms with E-state index in [2.05, 4.69) is 10.4 Å². The fourth-order valence-electron chi connectivity index (χ4n) is 3.23. The molecule has 1 aliphatic rings. The molecule has 3 rings (SSSR count). The number of hydrogen-bond donors (Lipinski definition) is 1. The van der Waals surface area contributed by atoms with E-state index >= 15 is 0 Å². The molecule has 0 unspecified atom stereocenters. The third-order valence-corrected chi connectivity index (χ3v) is 4.48. The predicted molar refractivity (Wildman–Crippen MR) is 96.6 cm³/mol. The first-order chi connectivity index (χ1) is 11.8. The van der Waals surface area contributed by atoms with Gasteiger partial charge in [-0.2, -0.15) is 5.10 Å². The highest BCUT2D eigenvalue weighted by Crippen LogP contribution is 2.32. The van der Waals surface area contributed by atoms with E-state index < -0.39 is 11.7 Å². The summed E-state index contributed by atoms with van der Waals surface area (Å²) in [5.41, 5.74) is 1.05. The molecule has 0 atom stereocenters. The minimum absolute atomic E-state index is 0.200. The lowest BCUT2D eigenvalue weighted by Crippen LogP contribution is -2.27. The number of rotatable bonds is 3. The number of nitrogens with one attached hydrogen (secondary N) is 1. The zero-order chi connectivity index (χ0) is 18.0. The Morgan fingerprint density at radius 1 is 1.28 bits per heavy atom. The number of anilines is 1. The number of ether oxygens (including phenoxy) is 1. The molecule has 1 amide bonds. The van der Waals surface area contributed by atoms with Crippen LogP contribution in [0.1, 0.15) is 52.5 Å². The second kappa shape index (κ2) is 6.86. The van der Waals surface area contributed by atoms with Crippen LogP contribution < -0.4 is 5.32 Å². The van der Waals surface area contributed by atoms with Gasteiger partial charge in [0.05, 0.1) is 11.6 Å². The van der Waals surface area contributed by atoms with Crippen LogP contribution in [0.4, 0.5) is 10.5 Å². The number of aldehydes is 1. The molecule has 134 valence electrons. The molecule has 25 heavy (non-hydrogen) atoms. The number of fused-ring (bicyclic) bond motifs is 1. The topological polar surface area (TPSA) is 73.2 Å². The highest BCUT2D eigenvalue weighted by atomic mass is 16.6. The van der Waals surface area contributed by atoms with Gasteiger partial charge >= 0.3 is 6.09 Å². The lowest BCUT2D eigenvalue weighted by Gasteiger charge is -2.25. The van der Waals surface area contributed by atoms with Crippen LogP contribution in [0, 0.1) is 5.92 Å². The summed E-state index contributed by atoms with van der Waals surface area (Å²) in [5.74, 6) is 0.200. The van der Waals surface area contributed by atoms with Gasteiger partial charge in [0.1, 0.15) is 11.9 Å². The largest absolute Gasteiger partial charge is 0.444 e. The van der Waals surface area contributed by atoms with Crippen molar-refractivity contribution in [1.82, 2.24) is 9.78 Å². The molecule has 1 fully saturated rings. The van der Waals surface area contributed by atoms with Crippen molar-refractivity contribution in [2.45, 2.75) is 58.1 Å². The maximum absolute atomic E-state index is 11.9. The minimum atomic E-state index is -0.528. The Morgan fingerprint density at radius 2 is 2.00 bits per heavy atom. The SMILES string of the molecule is CC(C)(C)OC(=O)Nc1ccc2nn(C3CCC(C=O)CC3)cc2c1. The summed E-state index contributed by atoms with van der Waals surface area (Å²) >= 11 is 0. The van der Waals surface area contributed by atoms with Crippen molar-refractivity contribution >= 4 is 29.0 Å². The number of benzene rings is 1. The van der Waals surface area contributed by atoms with E-state index in [0.717, 1.165) is 42.9 Å². The fraction of sp³-hybridized carbons (Fsp3) is 0.526. The molecule has 1 saturated carbocycles. The van der Waals surface area contributed by atoms with Crippen molar-refractivity contribution in [3.8, 4) is 0 Å². The van der Waals surface area contributed by atoms with E-state index in [1.165, 1.54) is 0 Å². The van der Waals surface area contributed by atoms with Gasteiger partial charge in [-0.3, -0.25) is 10.00 Å². The zero-order valence-corrected chi connectivity index (χ0v) is 15.0. The van der Waals surface area contributed by atoms with Gasteiger partial charge in [-0.05, 0) is 64.7 Å². The molecule has 1 aliphatic carbocycles. The second-order valence-electron chi connectivity index (χ2n) is 7.71. The standard InChI is InChI=1S/C19H25N3O3/c1-19(2,3)25-18(24)20-15-6-9-17-14(10-15)11-22(21-17)16-7-4-13(12-23)5-8-16/h6,9-13,16H,4-5,7-8H2,1-3H3,(H,20,24). The summed E-state index contributed by atoms with van der Waals surface area (Å²) in [6.07, 6.45) is 6.42. The van der Waals surface area contributed by atoms with E-state index in [1.807, 2.05) is 49.8 Å². The molecule has 0 spiro atoms. The molecule has 0 aliphatic heterocycles. The summed E-state index contributed by atoms with van der Waals surface area (Å²) < 4.78 is 7.28. The van der Waals surface area contributed by atoms with E-state index in [4.69, 9.17) is 4.74 Å². The maximum atomic E-state index is 11.9. The molecule has 6 nitrogen and oxygen atoms in total. The molecule has 2 aromatic rings. The van der Waals surface area contributed by atoms with Gasteiger partial charge in [0.15, 0.2) is 0 Å². The van der Waals surface area contributed by atoms with Gasteiger partial charge in [0.2, 0.25) is 0 Å². The van der Waals surface area contributed by atoms with Gasteiger partial charge in [0, 0.05) is 23.2 Å². The van der Waals surface area contributed by atoms with Crippen LogP contribution in [0.3, 0.4) is 0 Å². The number of aromatic nitrogens is 2. The molecular formula is C19H25N3O3. The quantitative estimate of drug-likeness (QED) is 0.843. The Labute approximate surface area is 147 Å². The van der Waals surface area contributed by atoms with Crippen LogP contribution in [-0.2, 0) is 9.53 Å². The first-order valence-electron chi connectivity index (χ1n) is 8.78. The first kappa shape index (κ1) is 17.5. The highest BCUT2D eigenvalue weighted by Gasteiger charge is 2.23. The molecule has 1 aromatic heterocycles. The van der Waals surface area contributed by atoms with E-state index in [0.29, 0.717) is 11.7 Å². The van der Waals surface area contributed by atoms with Gasteiger partial charge in [-0.25, -0.2) is 4.79 Å². The lowest BCUT2D eigenvalue weighted by atomic mass is 9.87. The predicted octanol–water partition coefficient (Wildman–Crippen LogP) is 4.31. The molecule has 1 aromatic carbocycles. The fourth-order valence-corrected chi connectivity index (χ4v) is 3.23. The van der Waals surface area contributed by atoms with Crippen molar-refractivity contribution in [3.05, 3.63) is 24.4 Å². The number of hydrogen-bond acceptors (Lipinski definition) is 4. The van der Waals surface area contributed by atoms with E-state index in [-0.39, 0.29) is 5.92 Å². The summed E-state index contributed by atoms with van der Waals surface area (Å²) in [6, 6.07) is 5.97. The van der Waals surface area contributed by atoms with Crippen molar-refractivity contribution in [3.63, 3.8) is 0 Å². The third kappa shape index (κ3) is 4.38. The molecule has 1 heterocycles. The second-order valence-corrected chi connectivity index (χ2v) is 7.71. The average molecular weight is 343 g/mol. The van der Waals surface area contributed by atoms with Gasteiger partial charge in [0.25, 0.3) is 0 Å². The Hall–Kier alpha value is -2.37. The third-order valence-electron chi connectivity index (χ3n) is 4.48. The zero-order valence-electron chi connectivity index (χ0n) is 15.0. The number of carbonyl (C=O) groups is 2. The molecule has 0 saturated heterocycles. The Bertz CT molecular complexity index is 768. The number of carbonyl (C=O) groups excluding carboxylic acids is 2.